The molecule has 1 fully saturated rings. The van der Waals surface area contributed by atoms with Crippen molar-refractivity contribution < 1.29 is 17.2 Å². The Hall–Kier alpha value is -2.26. The van der Waals surface area contributed by atoms with Crippen LogP contribution in [0.25, 0.3) is 10.8 Å². The van der Waals surface area contributed by atoms with Crippen molar-refractivity contribution >= 4 is 27.0 Å². The standard InChI is InChI=1S/C17H16FN3O3S2/c1-10-9-12(18)5-6-13(10)21-26(22,23)15-8-7-14(25-15)17-20-19-16(24-17)11-3-2-4-11/h5-9,11,21H,2-4H2,1H3. The topological polar surface area (TPSA) is 85.1 Å². The van der Waals surface area contributed by atoms with E-state index in [9.17, 15) is 12.8 Å². The number of hydrogen-bond donors (Lipinski definition) is 1. The van der Waals surface area contributed by atoms with Crippen LogP contribution in [0.5, 0.6) is 0 Å². The molecule has 6 nitrogen and oxygen atoms in total. The van der Waals surface area contributed by atoms with Gasteiger partial charge in [0.1, 0.15) is 10.0 Å². The van der Waals surface area contributed by atoms with Crippen molar-refractivity contribution in [3.63, 3.8) is 0 Å². The molecule has 0 radical (unpaired) electrons. The van der Waals surface area contributed by atoms with Crippen LogP contribution in [0.3, 0.4) is 0 Å². The molecule has 0 saturated heterocycles. The van der Waals surface area contributed by atoms with Crippen molar-refractivity contribution in [3.8, 4) is 10.8 Å². The maximum atomic E-state index is 13.2. The maximum absolute atomic E-state index is 13.2. The molecule has 0 aliphatic heterocycles. The highest BCUT2D eigenvalue weighted by Gasteiger charge is 2.26. The number of hydrogen-bond acceptors (Lipinski definition) is 6. The third-order valence-electron chi connectivity index (χ3n) is 4.38. The lowest BCUT2D eigenvalue weighted by molar-refractivity contribution is 0.338. The number of aryl methyl sites for hydroxylation is 1. The Bertz CT molecular complexity index is 1050. The first-order valence-electron chi connectivity index (χ1n) is 8.15. The van der Waals surface area contributed by atoms with Crippen LogP contribution >= 0.6 is 11.3 Å². The van der Waals surface area contributed by atoms with Crippen LogP contribution in [0.15, 0.2) is 39.0 Å². The lowest BCUT2D eigenvalue weighted by Gasteiger charge is -2.20. The van der Waals surface area contributed by atoms with E-state index in [4.69, 9.17) is 4.42 Å². The van der Waals surface area contributed by atoms with Gasteiger partial charge in [-0.1, -0.05) is 6.42 Å². The Balaban J connectivity index is 1.57. The monoisotopic (exact) mass is 393 g/mol. The number of rotatable bonds is 5. The van der Waals surface area contributed by atoms with Crippen LogP contribution in [-0.4, -0.2) is 18.6 Å². The van der Waals surface area contributed by atoms with Gasteiger partial charge in [0, 0.05) is 5.92 Å². The summed E-state index contributed by atoms with van der Waals surface area (Å²) in [5.74, 6) is 0.852. The minimum absolute atomic E-state index is 0.125. The Kier molecular flexibility index (Phi) is 4.28. The number of sulfonamides is 1. The van der Waals surface area contributed by atoms with Crippen molar-refractivity contribution in [2.75, 3.05) is 4.72 Å². The molecule has 2 aromatic heterocycles. The molecule has 0 amide bonds. The lowest BCUT2D eigenvalue weighted by Crippen LogP contribution is -2.12. The number of halogens is 1. The predicted octanol–water partition coefficient (Wildman–Crippen LogP) is 4.31. The molecule has 0 unspecified atom stereocenters. The molecule has 1 aliphatic rings. The molecule has 1 saturated carbocycles. The molecule has 1 aliphatic carbocycles. The minimum Gasteiger partial charge on any atom is -0.420 e. The highest BCUT2D eigenvalue weighted by molar-refractivity contribution is 7.94. The molecule has 0 spiro atoms. The average Bonchev–Trinajstić information content (AvgIpc) is 3.17. The van der Waals surface area contributed by atoms with Gasteiger partial charge in [0.05, 0.1) is 10.6 Å². The Labute approximate surface area is 154 Å². The van der Waals surface area contributed by atoms with Crippen molar-refractivity contribution in [3.05, 3.63) is 47.6 Å². The second-order valence-electron chi connectivity index (χ2n) is 6.26. The predicted molar refractivity (Wildman–Crippen MR) is 96.1 cm³/mol. The summed E-state index contributed by atoms with van der Waals surface area (Å²) in [5.41, 5.74) is 0.846. The number of aromatic nitrogens is 2. The second kappa shape index (κ2) is 6.48. The van der Waals surface area contributed by atoms with E-state index in [0.717, 1.165) is 30.6 Å². The first-order chi connectivity index (χ1) is 12.4. The summed E-state index contributed by atoms with van der Waals surface area (Å²) in [6.07, 6.45) is 3.26. The van der Waals surface area contributed by atoms with E-state index in [2.05, 4.69) is 14.9 Å². The third kappa shape index (κ3) is 3.24. The van der Waals surface area contributed by atoms with Gasteiger partial charge in [-0.15, -0.1) is 21.5 Å². The fourth-order valence-corrected chi connectivity index (χ4v) is 5.03. The fourth-order valence-electron chi connectivity index (χ4n) is 2.67. The van der Waals surface area contributed by atoms with Crippen molar-refractivity contribution in [2.24, 2.45) is 0 Å². The highest BCUT2D eigenvalue weighted by Crippen LogP contribution is 2.38. The molecule has 0 atom stereocenters. The van der Waals surface area contributed by atoms with E-state index >= 15 is 0 Å². The summed E-state index contributed by atoms with van der Waals surface area (Å²) in [6, 6.07) is 7.03. The molecule has 0 bridgehead atoms. The van der Waals surface area contributed by atoms with Gasteiger partial charge in [-0.05, 0) is 55.7 Å². The van der Waals surface area contributed by atoms with Gasteiger partial charge in [0.2, 0.25) is 5.89 Å². The zero-order valence-electron chi connectivity index (χ0n) is 13.9. The summed E-state index contributed by atoms with van der Waals surface area (Å²) in [7, 11) is -3.78. The van der Waals surface area contributed by atoms with Gasteiger partial charge in [0.25, 0.3) is 15.9 Å². The van der Waals surface area contributed by atoms with E-state index in [1.165, 1.54) is 24.3 Å². The quantitative estimate of drug-likeness (QED) is 0.698. The van der Waals surface area contributed by atoms with E-state index < -0.39 is 15.8 Å². The van der Waals surface area contributed by atoms with Gasteiger partial charge in [0.15, 0.2) is 0 Å². The van der Waals surface area contributed by atoms with Crippen molar-refractivity contribution in [1.82, 2.24) is 10.2 Å². The largest absolute Gasteiger partial charge is 0.420 e. The molecule has 1 N–H and O–H groups in total. The summed E-state index contributed by atoms with van der Waals surface area (Å²) in [5, 5.41) is 8.09. The Morgan fingerprint density at radius 1 is 1.23 bits per heavy atom. The summed E-state index contributed by atoms with van der Waals surface area (Å²) < 4.78 is 46.7. The number of nitrogens with one attached hydrogen (secondary N) is 1. The number of benzene rings is 1. The summed E-state index contributed by atoms with van der Waals surface area (Å²) >= 11 is 1.05. The van der Waals surface area contributed by atoms with E-state index in [0.29, 0.717) is 33.8 Å². The first kappa shape index (κ1) is 17.2. The summed E-state index contributed by atoms with van der Waals surface area (Å²) in [4.78, 5) is 0.597. The first-order valence-corrected chi connectivity index (χ1v) is 10.4. The van der Waals surface area contributed by atoms with Gasteiger partial charge in [-0.3, -0.25) is 4.72 Å². The molecule has 2 heterocycles. The molecule has 3 aromatic rings. The Morgan fingerprint density at radius 2 is 2.04 bits per heavy atom. The fraction of sp³-hybridized carbons (Fsp3) is 0.294. The van der Waals surface area contributed by atoms with Gasteiger partial charge in [-0.25, -0.2) is 12.8 Å². The Morgan fingerprint density at radius 3 is 2.73 bits per heavy atom. The molecule has 9 heteroatoms. The third-order valence-corrected chi connectivity index (χ3v) is 7.32. The lowest BCUT2D eigenvalue weighted by atomic mass is 9.85. The molecular weight excluding hydrogens is 377 g/mol. The second-order valence-corrected chi connectivity index (χ2v) is 9.25. The smallest absolute Gasteiger partial charge is 0.271 e. The molecule has 4 rings (SSSR count). The van der Waals surface area contributed by atoms with Crippen LogP contribution < -0.4 is 4.72 Å². The average molecular weight is 393 g/mol. The molecule has 136 valence electrons. The van der Waals surface area contributed by atoms with E-state index in [1.54, 1.807) is 13.0 Å². The van der Waals surface area contributed by atoms with Crippen LogP contribution in [0, 0.1) is 12.7 Å². The highest BCUT2D eigenvalue weighted by atomic mass is 32.2. The molecular formula is C17H16FN3O3S2. The van der Waals surface area contributed by atoms with Crippen LogP contribution in [0.4, 0.5) is 10.1 Å². The van der Waals surface area contributed by atoms with E-state index in [1.807, 2.05) is 0 Å². The van der Waals surface area contributed by atoms with Gasteiger partial charge in [-0.2, -0.15) is 0 Å². The van der Waals surface area contributed by atoms with Crippen molar-refractivity contribution in [1.29, 1.82) is 0 Å². The zero-order valence-corrected chi connectivity index (χ0v) is 15.5. The summed E-state index contributed by atoms with van der Waals surface area (Å²) in [6.45, 7) is 1.64. The normalized spacial score (nSPS) is 15.0. The number of nitrogens with zero attached hydrogens (tertiary/aromatic N) is 2. The van der Waals surface area contributed by atoms with Gasteiger partial charge < -0.3 is 4.42 Å². The number of thiophene rings is 1. The SMILES string of the molecule is Cc1cc(F)ccc1NS(=O)(=O)c1ccc(-c2nnc(C3CCC3)o2)s1. The van der Waals surface area contributed by atoms with Crippen LogP contribution in [0.2, 0.25) is 0 Å². The zero-order chi connectivity index (χ0) is 18.3. The molecule has 26 heavy (non-hydrogen) atoms. The van der Waals surface area contributed by atoms with Crippen molar-refractivity contribution in [2.45, 2.75) is 36.3 Å². The maximum Gasteiger partial charge on any atom is 0.271 e. The molecule has 1 aromatic carbocycles. The minimum atomic E-state index is -3.78. The van der Waals surface area contributed by atoms with Crippen LogP contribution in [0.1, 0.15) is 36.6 Å². The van der Waals surface area contributed by atoms with E-state index in [-0.39, 0.29) is 4.21 Å². The number of anilines is 1. The van der Waals surface area contributed by atoms with Gasteiger partial charge >= 0.3 is 0 Å². The van der Waals surface area contributed by atoms with Crippen LogP contribution in [-0.2, 0) is 10.0 Å².